The number of aromatic carboxylic acids is 1. The molecule has 0 aliphatic rings. The van der Waals surface area contributed by atoms with Crippen molar-refractivity contribution < 1.29 is 14.6 Å². The highest BCUT2D eigenvalue weighted by Crippen LogP contribution is 2.15. The predicted octanol–water partition coefficient (Wildman–Crippen LogP) is 1.34. The molecule has 0 aliphatic carbocycles. The Morgan fingerprint density at radius 1 is 1.77 bits per heavy atom. The number of pyridine rings is 1. The molecule has 68 valence electrons. The van der Waals surface area contributed by atoms with Crippen LogP contribution in [-0.2, 0) is 0 Å². The molecule has 1 aromatic rings. The molecule has 0 fully saturated rings. The first-order valence-electron chi connectivity index (χ1n) is 3.66. The van der Waals surface area contributed by atoms with Crippen LogP contribution in [0.15, 0.2) is 31.1 Å². The Bertz CT molecular complexity index is 322. The lowest BCUT2D eigenvalue weighted by Crippen LogP contribution is -2.03. The second kappa shape index (κ2) is 4.25. The lowest BCUT2D eigenvalue weighted by Gasteiger charge is -2.04. The molecule has 1 aromatic heterocycles. The quantitative estimate of drug-likeness (QED) is 0.708. The van der Waals surface area contributed by atoms with Crippen molar-refractivity contribution in [2.75, 3.05) is 6.61 Å². The van der Waals surface area contributed by atoms with Crippen LogP contribution in [0.1, 0.15) is 10.4 Å². The zero-order chi connectivity index (χ0) is 9.68. The summed E-state index contributed by atoms with van der Waals surface area (Å²) >= 11 is 0. The average molecular weight is 179 g/mol. The zero-order valence-electron chi connectivity index (χ0n) is 6.93. The van der Waals surface area contributed by atoms with Crippen molar-refractivity contribution in [1.29, 1.82) is 0 Å². The molecule has 1 heterocycles. The van der Waals surface area contributed by atoms with E-state index < -0.39 is 5.97 Å². The number of nitrogens with zero attached hydrogens (tertiary/aromatic N) is 1. The topological polar surface area (TPSA) is 59.4 Å². The standard InChI is InChI=1S/C9H9NO3/c1-2-5-13-8-6-10-4-3-7(8)9(11)12/h2-4,6H,1,5H2,(H,11,12). The van der Waals surface area contributed by atoms with Crippen molar-refractivity contribution in [3.05, 3.63) is 36.7 Å². The largest absolute Gasteiger partial charge is 0.487 e. The molecule has 13 heavy (non-hydrogen) atoms. The van der Waals surface area contributed by atoms with Gasteiger partial charge in [0.25, 0.3) is 0 Å². The first-order chi connectivity index (χ1) is 6.25. The molecule has 0 saturated heterocycles. The third-order valence-electron chi connectivity index (χ3n) is 1.37. The van der Waals surface area contributed by atoms with Gasteiger partial charge in [-0.25, -0.2) is 4.79 Å². The van der Waals surface area contributed by atoms with Crippen LogP contribution in [0.2, 0.25) is 0 Å². The monoisotopic (exact) mass is 179 g/mol. The molecule has 0 saturated carbocycles. The second-order valence-electron chi connectivity index (χ2n) is 2.28. The summed E-state index contributed by atoms with van der Waals surface area (Å²) in [6.45, 7) is 3.73. The molecule has 4 heteroatoms. The highest BCUT2D eigenvalue weighted by atomic mass is 16.5. The van der Waals surface area contributed by atoms with Gasteiger partial charge in [0.2, 0.25) is 0 Å². The molecular formula is C9H9NO3. The molecule has 1 rings (SSSR count). The van der Waals surface area contributed by atoms with Crippen LogP contribution in [0.25, 0.3) is 0 Å². The maximum atomic E-state index is 10.7. The van der Waals surface area contributed by atoms with Gasteiger partial charge in [-0.2, -0.15) is 0 Å². The molecule has 0 bridgehead atoms. The Kier molecular flexibility index (Phi) is 3.03. The van der Waals surface area contributed by atoms with Crippen molar-refractivity contribution >= 4 is 5.97 Å². The van der Waals surface area contributed by atoms with Crippen LogP contribution in [-0.4, -0.2) is 22.7 Å². The van der Waals surface area contributed by atoms with Gasteiger partial charge in [-0.3, -0.25) is 4.98 Å². The molecule has 4 nitrogen and oxygen atoms in total. The van der Waals surface area contributed by atoms with Crippen LogP contribution >= 0.6 is 0 Å². The van der Waals surface area contributed by atoms with E-state index in [0.29, 0.717) is 0 Å². The highest BCUT2D eigenvalue weighted by Gasteiger charge is 2.09. The number of aromatic nitrogens is 1. The summed E-state index contributed by atoms with van der Waals surface area (Å²) in [6.07, 6.45) is 4.32. The number of carboxylic acids is 1. The van der Waals surface area contributed by atoms with E-state index in [1.165, 1.54) is 18.5 Å². The van der Waals surface area contributed by atoms with Crippen LogP contribution in [0.4, 0.5) is 0 Å². The number of hydrogen-bond donors (Lipinski definition) is 1. The fourth-order valence-electron chi connectivity index (χ4n) is 0.820. The third kappa shape index (κ3) is 2.30. The minimum atomic E-state index is -1.03. The summed E-state index contributed by atoms with van der Waals surface area (Å²) in [5.74, 6) is -0.767. The maximum Gasteiger partial charge on any atom is 0.339 e. The fourth-order valence-corrected chi connectivity index (χ4v) is 0.820. The van der Waals surface area contributed by atoms with Crippen molar-refractivity contribution in [3.8, 4) is 5.75 Å². The Morgan fingerprint density at radius 2 is 2.54 bits per heavy atom. The SMILES string of the molecule is C=CCOc1cnccc1C(=O)O. The lowest BCUT2D eigenvalue weighted by molar-refractivity contribution is 0.0692. The van der Waals surface area contributed by atoms with Gasteiger partial charge in [-0.15, -0.1) is 0 Å². The van der Waals surface area contributed by atoms with Gasteiger partial charge in [0.05, 0.1) is 6.20 Å². The Morgan fingerprint density at radius 3 is 3.15 bits per heavy atom. The van der Waals surface area contributed by atoms with Crippen LogP contribution < -0.4 is 4.74 Å². The van der Waals surface area contributed by atoms with E-state index >= 15 is 0 Å². The molecular weight excluding hydrogens is 170 g/mol. The Labute approximate surface area is 75.5 Å². The number of hydrogen-bond acceptors (Lipinski definition) is 3. The number of carbonyl (C=O) groups is 1. The van der Waals surface area contributed by atoms with Gasteiger partial charge >= 0.3 is 5.97 Å². The van der Waals surface area contributed by atoms with Gasteiger partial charge in [-0.05, 0) is 6.07 Å². The Balaban J connectivity index is 2.90. The van der Waals surface area contributed by atoms with E-state index in [2.05, 4.69) is 11.6 Å². The smallest absolute Gasteiger partial charge is 0.339 e. The summed E-state index contributed by atoms with van der Waals surface area (Å²) in [5.41, 5.74) is 0.108. The highest BCUT2D eigenvalue weighted by molar-refractivity contribution is 5.90. The van der Waals surface area contributed by atoms with E-state index in [0.717, 1.165) is 0 Å². The van der Waals surface area contributed by atoms with Crippen molar-refractivity contribution in [2.24, 2.45) is 0 Å². The van der Waals surface area contributed by atoms with E-state index in [9.17, 15) is 4.79 Å². The van der Waals surface area contributed by atoms with E-state index in [1.807, 2.05) is 0 Å². The molecule has 0 aromatic carbocycles. The molecule has 0 aliphatic heterocycles. The first-order valence-corrected chi connectivity index (χ1v) is 3.66. The van der Waals surface area contributed by atoms with E-state index in [1.54, 1.807) is 6.08 Å². The van der Waals surface area contributed by atoms with Gasteiger partial charge in [0, 0.05) is 6.20 Å². The van der Waals surface area contributed by atoms with Gasteiger partial charge in [-0.1, -0.05) is 12.7 Å². The predicted molar refractivity (Wildman–Crippen MR) is 46.9 cm³/mol. The van der Waals surface area contributed by atoms with Crippen molar-refractivity contribution in [2.45, 2.75) is 0 Å². The molecule has 0 atom stereocenters. The van der Waals surface area contributed by atoms with Crippen molar-refractivity contribution in [1.82, 2.24) is 4.98 Å². The summed E-state index contributed by atoms with van der Waals surface area (Å²) < 4.78 is 5.09. The maximum absolute atomic E-state index is 10.7. The zero-order valence-corrected chi connectivity index (χ0v) is 6.93. The molecule has 1 N–H and O–H groups in total. The summed E-state index contributed by atoms with van der Waals surface area (Å²) in [7, 11) is 0. The van der Waals surface area contributed by atoms with Gasteiger partial charge < -0.3 is 9.84 Å². The van der Waals surface area contributed by atoms with Crippen molar-refractivity contribution in [3.63, 3.8) is 0 Å². The fraction of sp³-hybridized carbons (Fsp3) is 0.111. The van der Waals surface area contributed by atoms with E-state index in [4.69, 9.17) is 9.84 Å². The second-order valence-corrected chi connectivity index (χ2v) is 2.28. The van der Waals surface area contributed by atoms with E-state index in [-0.39, 0.29) is 17.9 Å². The van der Waals surface area contributed by atoms with Gasteiger partial charge in [0.1, 0.15) is 12.2 Å². The number of ether oxygens (including phenoxy) is 1. The summed E-state index contributed by atoms with van der Waals surface area (Å²) in [6, 6.07) is 1.39. The first kappa shape index (κ1) is 9.25. The average Bonchev–Trinajstić information content (AvgIpc) is 2.15. The molecule has 0 amide bonds. The van der Waals surface area contributed by atoms with Gasteiger partial charge in [0.15, 0.2) is 5.75 Å². The van der Waals surface area contributed by atoms with Crippen LogP contribution in [0, 0.1) is 0 Å². The minimum Gasteiger partial charge on any atom is -0.487 e. The van der Waals surface area contributed by atoms with Crippen LogP contribution in [0.3, 0.4) is 0 Å². The summed E-state index contributed by atoms with van der Waals surface area (Å²) in [5, 5.41) is 8.73. The Hall–Kier alpha value is -1.84. The normalized spacial score (nSPS) is 9.23. The lowest BCUT2D eigenvalue weighted by atomic mass is 10.2. The minimum absolute atomic E-state index is 0.108. The molecule has 0 radical (unpaired) electrons. The van der Waals surface area contributed by atoms with Crippen LogP contribution in [0.5, 0.6) is 5.75 Å². The number of rotatable bonds is 4. The third-order valence-corrected chi connectivity index (χ3v) is 1.37. The molecule has 0 unspecified atom stereocenters. The number of carboxylic acid groups (broad SMARTS) is 1. The molecule has 0 spiro atoms. The summed E-state index contributed by atoms with van der Waals surface area (Å²) in [4.78, 5) is 14.4.